The molecule has 0 aliphatic carbocycles. The molecular formula is C9H11N3O2. The molecule has 2 rings (SSSR count). The Morgan fingerprint density at radius 3 is 3.00 bits per heavy atom. The highest BCUT2D eigenvalue weighted by Crippen LogP contribution is 2.23. The van der Waals surface area contributed by atoms with E-state index in [0.717, 1.165) is 5.69 Å². The summed E-state index contributed by atoms with van der Waals surface area (Å²) in [6.45, 7) is 0.662. The molecule has 0 saturated carbocycles. The summed E-state index contributed by atoms with van der Waals surface area (Å²) >= 11 is 0. The first-order chi connectivity index (χ1) is 6.77. The molecule has 74 valence electrons. The summed E-state index contributed by atoms with van der Waals surface area (Å²) in [5.74, 6) is -0.624. The fraction of sp³-hybridized carbons (Fsp3) is 0.444. The molecule has 2 heterocycles. The van der Waals surface area contributed by atoms with Crippen LogP contribution in [0, 0.1) is 0 Å². The van der Waals surface area contributed by atoms with Gasteiger partial charge in [-0.1, -0.05) is 0 Å². The Labute approximate surface area is 81.2 Å². The van der Waals surface area contributed by atoms with Crippen LogP contribution in [0.2, 0.25) is 0 Å². The first-order valence-electron chi connectivity index (χ1n) is 4.49. The third kappa shape index (κ3) is 1.72. The van der Waals surface area contributed by atoms with Crippen LogP contribution in [0.1, 0.15) is 18.0 Å². The number of carboxylic acid groups (broad SMARTS) is 1. The van der Waals surface area contributed by atoms with Gasteiger partial charge in [0.2, 0.25) is 0 Å². The second kappa shape index (κ2) is 3.71. The maximum Gasteiger partial charge on any atom is 0.320 e. The van der Waals surface area contributed by atoms with Gasteiger partial charge in [-0.3, -0.25) is 14.8 Å². The highest BCUT2D eigenvalue weighted by Gasteiger charge is 2.30. The van der Waals surface area contributed by atoms with Crippen LogP contribution in [0.3, 0.4) is 0 Å². The monoisotopic (exact) mass is 193 g/mol. The first-order valence-corrected chi connectivity index (χ1v) is 4.49. The summed E-state index contributed by atoms with van der Waals surface area (Å²) in [6, 6.07) is -0.443. The molecular weight excluding hydrogens is 182 g/mol. The maximum atomic E-state index is 10.7. The first kappa shape index (κ1) is 9.08. The van der Waals surface area contributed by atoms with Crippen molar-refractivity contribution in [2.75, 3.05) is 6.54 Å². The highest BCUT2D eigenvalue weighted by molar-refractivity contribution is 5.74. The van der Waals surface area contributed by atoms with E-state index in [1.165, 1.54) is 0 Å². The molecule has 1 aliphatic rings. The Morgan fingerprint density at radius 2 is 2.43 bits per heavy atom. The summed E-state index contributed by atoms with van der Waals surface area (Å²) in [5, 5.41) is 11.7. The lowest BCUT2D eigenvalue weighted by molar-refractivity contribution is -0.139. The molecule has 0 amide bonds. The van der Waals surface area contributed by atoms with E-state index in [1.54, 1.807) is 18.6 Å². The predicted octanol–water partition coefficient (Wildman–Crippen LogP) is 0.00670. The normalized spacial score (nSPS) is 26.3. The minimum Gasteiger partial charge on any atom is -0.480 e. The lowest BCUT2D eigenvalue weighted by Gasteiger charge is -2.05. The zero-order chi connectivity index (χ0) is 9.97. The summed E-state index contributed by atoms with van der Waals surface area (Å²) in [5.41, 5.74) is 0.865. The van der Waals surface area contributed by atoms with Crippen molar-refractivity contribution in [3.05, 3.63) is 24.3 Å². The third-order valence-corrected chi connectivity index (χ3v) is 2.43. The smallest absolute Gasteiger partial charge is 0.320 e. The van der Waals surface area contributed by atoms with Gasteiger partial charge in [-0.15, -0.1) is 0 Å². The minimum atomic E-state index is -0.795. The maximum absolute atomic E-state index is 10.7. The van der Waals surface area contributed by atoms with Gasteiger partial charge in [-0.05, 0) is 6.42 Å². The van der Waals surface area contributed by atoms with Crippen LogP contribution in [0.5, 0.6) is 0 Å². The van der Waals surface area contributed by atoms with Crippen molar-refractivity contribution in [3.8, 4) is 0 Å². The molecule has 0 spiro atoms. The number of aliphatic carboxylic acids is 1. The second-order valence-corrected chi connectivity index (χ2v) is 3.36. The van der Waals surface area contributed by atoms with Gasteiger partial charge in [-0.25, -0.2) is 0 Å². The van der Waals surface area contributed by atoms with Crippen LogP contribution in [0.4, 0.5) is 0 Å². The average Bonchev–Trinajstić information content (AvgIpc) is 2.68. The van der Waals surface area contributed by atoms with Crippen LogP contribution in [-0.4, -0.2) is 33.6 Å². The van der Waals surface area contributed by atoms with Gasteiger partial charge >= 0.3 is 5.97 Å². The number of hydrogen-bond acceptors (Lipinski definition) is 4. The average molecular weight is 193 g/mol. The van der Waals surface area contributed by atoms with Gasteiger partial charge in [0.15, 0.2) is 0 Å². The van der Waals surface area contributed by atoms with Gasteiger partial charge < -0.3 is 10.4 Å². The lowest BCUT2D eigenvalue weighted by Crippen LogP contribution is -2.29. The van der Waals surface area contributed by atoms with E-state index >= 15 is 0 Å². The van der Waals surface area contributed by atoms with E-state index in [-0.39, 0.29) is 5.92 Å². The molecule has 2 atom stereocenters. The van der Waals surface area contributed by atoms with Crippen LogP contribution in [0.25, 0.3) is 0 Å². The van der Waals surface area contributed by atoms with E-state index in [9.17, 15) is 4.79 Å². The number of aromatic nitrogens is 2. The van der Waals surface area contributed by atoms with Crippen LogP contribution in [0.15, 0.2) is 18.6 Å². The van der Waals surface area contributed by atoms with Crippen molar-refractivity contribution in [1.29, 1.82) is 0 Å². The van der Waals surface area contributed by atoms with Crippen molar-refractivity contribution in [2.24, 2.45) is 0 Å². The van der Waals surface area contributed by atoms with Gasteiger partial charge in [0.25, 0.3) is 0 Å². The molecule has 0 radical (unpaired) electrons. The van der Waals surface area contributed by atoms with Gasteiger partial charge in [-0.2, -0.15) is 0 Å². The Bertz CT molecular complexity index is 328. The number of rotatable bonds is 2. The Balaban J connectivity index is 2.06. The van der Waals surface area contributed by atoms with Crippen molar-refractivity contribution in [1.82, 2.24) is 15.3 Å². The van der Waals surface area contributed by atoms with Crippen molar-refractivity contribution >= 4 is 5.97 Å². The van der Waals surface area contributed by atoms with Crippen molar-refractivity contribution in [3.63, 3.8) is 0 Å². The van der Waals surface area contributed by atoms with Crippen molar-refractivity contribution in [2.45, 2.75) is 18.4 Å². The summed E-state index contributed by atoms with van der Waals surface area (Å²) in [6.07, 6.45) is 5.52. The molecule has 5 nitrogen and oxygen atoms in total. The largest absolute Gasteiger partial charge is 0.480 e. The Morgan fingerprint density at radius 1 is 1.57 bits per heavy atom. The van der Waals surface area contributed by atoms with E-state index in [1.807, 2.05) is 0 Å². The highest BCUT2D eigenvalue weighted by atomic mass is 16.4. The molecule has 5 heteroatoms. The molecule has 2 N–H and O–H groups in total. The van der Waals surface area contributed by atoms with E-state index in [2.05, 4.69) is 15.3 Å². The van der Waals surface area contributed by atoms with Crippen molar-refractivity contribution < 1.29 is 9.90 Å². The van der Waals surface area contributed by atoms with Gasteiger partial charge in [0, 0.05) is 31.1 Å². The minimum absolute atomic E-state index is 0.171. The Hall–Kier alpha value is -1.49. The predicted molar refractivity (Wildman–Crippen MR) is 48.8 cm³/mol. The molecule has 1 aromatic rings. The van der Waals surface area contributed by atoms with Gasteiger partial charge in [0.1, 0.15) is 6.04 Å². The van der Waals surface area contributed by atoms with E-state index in [4.69, 9.17) is 5.11 Å². The van der Waals surface area contributed by atoms with Crippen LogP contribution < -0.4 is 5.32 Å². The molecule has 1 saturated heterocycles. The second-order valence-electron chi connectivity index (χ2n) is 3.36. The number of hydrogen-bond donors (Lipinski definition) is 2. The van der Waals surface area contributed by atoms with Crippen LogP contribution in [-0.2, 0) is 4.79 Å². The summed E-state index contributed by atoms with van der Waals surface area (Å²) in [4.78, 5) is 18.8. The topological polar surface area (TPSA) is 75.1 Å². The summed E-state index contributed by atoms with van der Waals surface area (Å²) in [7, 11) is 0. The standard InChI is InChI=1S/C9H11N3O2/c13-9(14)7-3-6(4-12-7)8-5-10-1-2-11-8/h1-2,5-7,12H,3-4H2,(H,13,14)/t6?,7-/m1/s1. The molecule has 0 bridgehead atoms. The quantitative estimate of drug-likeness (QED) is 0.691. The zero-order valence-electron chi connectivity index (χ0n) is 7.55. The van der Waals surface area contributed by atoms with E-state index in [0.29, 0.717) is 13.0 Å². The zero-order valence-corrected chi connectivity index (χ0v) is 7.55. The fourth-order valence-electron chi connectivity index (χ4n) is 1.67. The third-order valence-electron chi connectivity index (χ3n) is 2.43. The molecule has 14 heavy (non-hydrogen) atoms. The lowest BCUT2D eigenvalue weighted by atomic mass is 10.0. The Kier molecular flexibility index (Phi) is 2.41. The number of nitrogens with zero attached hydrogens (tertiary/aromatic N) is 2. The number of carboxylic acids is 1. The summed E-state index contributed by atoms with van der Waals surface area (Å²) < 4.78 is 0. The fourth-order valence-corrected chi connectivity index (χ4v) is 1.67. The molecule has 1 aromatic heterocycles. The molecule has 1 aliphatic heterocycles. The SMILES string of the molecule is O=C(O)[C@H]1CC(c2cnccn2)CN1. The number of nitrogens with one attached hydrogen (secondary N) is 1. The molecule has 1 unspecified atom stereocenters. The molecule has 0 aromatic carbocycles. The van der Waals surface area contributed by atoms with Gasteiger partial charge in [0.05, 0.1) is 5.69 Å². The number of carbonyl (C=O) groups is 1. The van der Waals surface area contributed by atoms with E-state index < -0.39 is 12.0 Å². The molecule has 1 fully saturated rings. The van der Waals surface area contributed by atoms with Crippen LogP contribution >= 0.6 is 0 Å².